The van der Waals surface area contributed by atoms with Crippen molar-refractivity contribution in [3.05, 3.63) is 47.3 Å². The van der Waals surface area contributed by atoms with Crippen LogP contribution in [0.4, 0.5) is 5.82 Å². The lowest BCUT2D eigenvalue weighted by molar-refractivity contribution is 0.776. The van der Waals surface area contributed by atoms with Gasteiger partial charge < -0.3 is 5.73 Å². The van der Waals surface area contributed by atoms with Crippen molar-refractivity contribution in [2.24, 2.45) is 0 Å². The first-order valence-corrected chi connectivity index (χ1v) is 7.41. The number of aromatic nitrogens is 3. The summed E-state index contributed by atoms with van der Waals surface area (Å²) in [6, 6.07) is 12.1. The average molecular weight is 284 g/mol. The Morgan fingerprint density at radius 3 is 2.65 bits per heavy atom. The van der Waals surface area contributed by atoms with Gasteiger partial charge in [-0.2, -0.15) is 4.68 Å². The van der Waals surface area contributed by atoms with E-state index in [0.717, 1.165) is 16.3 Å². The zero-order valence-corrected chi connectivity index (χ0v) is 12.3. The summed E-state index contributed by atoms with van der Waals surface area (Å²) in [4.78, 5) is 1.04. The van der Waals surface area contributed by atoms with Crippen LogP contribution >= 0.6 is 11.3 Å². The monoisotopic (exact) mass is 284 g/mol. The molecule has 4 nitrogen and oxygen atoms in total. The van der Waals surface area contributed by atoms with Crippen molar-refractivity contribution < 1.29 is 0 Å². The van der Waals surface area contributed by atoms with Gasteiger partial charge in [-0.25, -0.2) is 0 Å². The van der Waals surface area contributed by atoms with Crippen LogP contribution in [-0.4, -0.2) is 15.0 Å². The quantitative estimate of drug-likeness (QED) is 0.797. The van der Waals surface area contributed by atoms with Gasteiger partial charge in [-0.1, -0.05) is 43.3 Å². The number of rotatable bonds is 3. The maximum atomic E-state index is 6.24. The second-order valence-corrected chi connectivity index (χ2v) is 5.87. The van der Waals surface area contributed by atoms with Gasteiger partial charge in [0.15, 0.2) is 5.82 Å². The predicted molar refractivity (Wildman–Crippen MR) is 83.2 cm³/mol. The second-order valence-electron chi connectivity index (χ2n) is 4.93. The molecule has 0 atom stereocenters. The van der Waals surface area contributed by atoms with Crippen LogP contribution in [-0.2, 0) is 0 Å². The lowest BCUT2D eigenvalue weighted by Gasteiger charge is -2.12. The summed E-state index contributed by atoms with van der Waals surface area (Å²) in [6.45, 7) is 4.32. The van der Waals surface area contributed by atoms with Crippen molar-refractivity contribution in [1.29, 1.82) is 0 Å². The van der Waals surface area contributed by atoms with E-state index in [-0.39, 0.29) is 0 Å². The third-order valence-corrected chi connectivity index (χ3v) is 4.12. The Morgan fingerprint density at radius 2 is 1.95 bits per heavy atom. The molecule has 0 aliphatic carbocycles. The first kappa shape index (κ1) is 12.9. The van der Waals surface area contributed by atoms with Crippen LogP contribution < -0.4 is 5.73 Å². The highest BCUT2D eigenvalue weighted by Crippen LogP contribution is 2.31. The standard InChI is InChI=1S/C15H16N4S/c1-10(2)11-6-3-4-7-12(11)19-15(16)14(17-18-19)13-8-5-9-20-13/h3-10H,16H2,1-2H3. The first-order valence-electron chi connectivity index (χ1n) is 6.53. The van der Waals surface area contributed by atoms with Crippen molar-refractivity contribution in [2.45, 2.75) is 19.8 Å². The fourth-order valence-electron chi connectivity index (χ4n) is 2.22. The van der Waals surface area contributed by atoms with Gasteiger partial charge in [0.2, 0.25) is 0 Å². The number of hydrogen-bond acceptors (Lipinski definition) is 4. The highest BCUT2D eigenvalue weighted by molar-refractivity contribution is 7.13. The molecule has 0 saturated heterocycles. The van der Waals surface area contributed by atoms with Crippen LogP contribution in [0.2, 0.25) is 0 Å². The molecule has 2 N–H and O–H groups in total. The molecule has 0 unspecified atom stereocenters. The molecule has 0 aliphatic heterocycles. The Labute approximate surface area is 121 Å². The maximum Gasteiger partial charge on any atom is 0.156 e. The molecular formula is C15H16N4S. The molecule has 5 heteroatoms. The van der Waals surface area contributed by atoms with Crippen LogP contribution in [0.15, 0.2) is 41.8 Å². The summed E-state index contributed by atoms with van der Waals surface area (Å²) in [6.07, 6.45) is 0. The van der Waals surface area contributed by atoms with Crippen LogP contribution in [0.5, 0.6) is 0 Å². The number of anilines is 1. The van der Waals surface area contributed by atoms with Gasteiger partial charge in [0.25, 0.3) is 0 Å². The zero-order valence-electron chi connectivity index (χ0n) is 11.4. The molecule has 0 fully saturated rings. The molecule has 0 spiro atoms. The fraction of sp³-hybridized carbons (Fsp3) is 0.200. The molecule has 0 aliphatic rings. The molecule has 0 bridgehead atoms. The Balaban J connectivity index is 2.13. The second kappa shape index (κ2) is 5.09. The van der Waals surface area contributed by atoms with Crippen LogP contribution in [0.1, 0.15) is 25.3 Å². The molecule has 2 aromatic heterocycles. The number of para-hydroxylation sites is 1. The number of nitrogens with two attached hydrogens (primary N) is 1. The van der Waals surface area contributed by atoms with E-state index in [9.17, 15) is 0 Å². The van der Waals surface area contributed by atoms with Crippen molar-refractivity contribution in [3.8, 4) is 16.3 Å². The molecular weight excluding hydrogens is 268 g/mol. The van der Waals surface area contributed by atoms with Gasteiger partial charge in [-0.05, 0) is 29.0 Å². The molecule has 20 heavy (non-hydrogen) atoms. The predicted octanol–water partition coefficient (Wildman–Crippen LogP) is 3.70. The summed E-state index contributed by atoms with van der Waals surface area (Å²) in [5, 5.41) is 10.5. The molecule has 1 aromatic carbocycles. The SMILES string of the molecule is CC(C)c1ccccc1-n1nnc(-c2cccs2)c1N. The van der Waals surface area contributed by atoms with E-state index < -0.39 is 0 Å². The van der Waals surface area contributed by atoms with Crippen molar-refractivity contribution in [2.75, 3.05) is 5.73 Å². The smallest absolute Gasteiger partial charge is 0.156 e. The number of thiophene rings is 1. The van der Waals surface area contributed by atoms with Crippen molar-refractivity contribution in [3.63, 3.8) is 0 Å². The fourth-order valence-corrected chi connectivity index (χ4v) is 2.94. The highest BCUT2D eigenvalue weighted by Gasteiger charge is 2.16. The summed E-state index contributed by atoms with van der Waals surface area (Å²) in [7, 11) is 0. The first-order chi connectivity index (χ1) is 9.68. The molecule has 0 saturated carbocycles. The normalized spacial score (nSPS) is 11.2. The summed E-state index contributed by atoms with van der Waals surface area (Å²) in [5.41, 5.74) is 9.19. The molecule has 3 rings (SSSR count). The molecule has 3 aromatic rings. The van der Waals surface area contributed by atoms with Gasteiger partial charge in [0, 0.05) is 0 Å². The van der Waals surface area contributed by atoms with Gasteiger partial charge >= 0.3 is 0 Å². The Bertz CT molecular complexity index is 713. The summed E-state index contributed by atoms with van der Waals surface area (Å²) >= 11 is 1.61. The third-order valence-electron chi connectivity index (χ3n) is 3.25. The van der Waals surface area contributed by atoms with E-state index in [1.807, 2.05) is 35.7 Å². The molecule has 2 heterocycles. The number of nitrogen functional groups attached to an aromatic ring is 1. The van der Waals surface area contributed by atoms with Gasteiger partial charge in [0.05, 0.1) is 10.6 Å². The number of benzene rings is 1. The zero-order chi connectivity index (χ0) is 14.1. The van der Waals surface area contributed by atoms with E-state index in [1.165, 1.54) is 5.56 Å². The van der Waals surface area contributed by atoms with Gasteiger partial charge in [-0.3, -0.25) is 0 Å². The lowest BCUT2D eigenvalue weighted by atomic mass is 10.0. The van der Waals surface area contributed by atoms with Crippen molar-refractivity contribution in [1.82, 2.24) is 15.0 Å². The van der Waals surface area contributed by atoms with E-state index in [0.29, 0.717) is 11.7 Å². The van der Waals surface area contributed by atoms with Crippen LogP contribution in [0.25, 0.3) is 16.3 Å². The van der Waals surface area contributed by atoms with E-state index in [1.54, 1.807) is 16.0 Å². The van der Waals surface area contributed by atoms with Crippen molar-refractivity contribution >= 4 is 17.2 Å². The topological polar surface area (TPSA) is 56.7 Å². The van der Waals surface area contributed by atoms with Crippen LogP contribution in [0, 0.1) is 0 Å². The number of nitrogens with zero attached hydrogens (tertiary/aromatic N) is 3. The van der Waals surface area contributed by atoms with E-state index in [4.69, 9.17) is 5.73 Å². The summed E-state index contributed by atoms with van der Waals surface area (Å²) < 4.78 is 1.73. The minimum absolute atomic E-state index is 0.403. The minimum atomic E-state index is 0.403. The number of hydrogen-bond donors (Lipinski definition) is 1. The maximum absolute atomic E-state index is 6.24. The largest absolute Gasteiger partial charge is 0.382 e. The Kier molecular flexibility index (Phi) is 3.28. The third kappa shape index (κ3) is 2.10. The lowest BCUT2D eigenvalue weighted by Crippen LogP contribution is -2.06. The molecule has 0 amide bonds. The Morgan fingerprint density at radius 1 is 1.15 bits per heavy atom. The average Bonchev–Trinajstić information content (AvgIpc) is 3.07. The minimum Gasteiger partial charge on any atom is -0.382 e. The van der Waals surface area contributed by atoms with E-state index >= 15 is 0 Å². The van der Waals surface area contributed by atoms with E-state index in [2.05, 4.69) is 30.2 Å². The Hall–Kier alpha value is -2.14. The summed E-state index contributed by atoms with van der Waals surface area (Å²) in [5.74, 6) is 0.987. The van der Waals surface area contributed by atoms with Gasteiger partial charge in [0.1, 0.15) is 5.69 Å². The van der Waals surface area contributed by atoms with Crippen LogP contribution in [0.3, 0.4) is 0 Å². The highest BCUT2D eigenvalue weighted by atomic mass is 32.1. The molecule has 0 radical (unpaired) electrons. The molecule has 102 valence electrons. The van der Waals surface area contributed by atoms with Gasteiger partial charge in [-0.15, -0.1) is 16.4 Å².